The first-order chi connectivity index (χ1) is 23.3. The number of nitrogens with zero attached hydrogens (tertiary/aromatic N) is 2. The number of carbonyl (C=O) groups excluding carboxylic acids is 1. The van der Waals surface area contributed by atoms with Gasteiger partial charge in [0.1, 0.15) is 17.2 Å². The summed E-state index contributed by atoms with van der Waals surface area (Å²) < 4.78 is 79.4. The highest BCUT2D eigenvalue weighted by molar-refractivity contribution is 7.89. The van der Waals surface area contributed by atoms with Crippen LogP contribution in [0, 0.1) is 17.6 Å². The number of rotatable bonds is 18. The molecule has 0 radical (unpaired) electrons. The normalized spacial score (nSPS) is 16.7. The minimum Gasteiger partial charge on any atom is -0.450 e. The van der Waals surface area contributed by atoms with E-state index >= 15 is 0 Å². The van der Waals surface area contributed by atoms with Gasteiger partial charge in [0.2, 0.25) is 10.0 Å². The number of aromatic nitrogens is 1. The number of carbonyl (C=O) groups is 1. The number of unbranched alkanes of at least 4 members (excludes halogenated alkanes) is 1. The van der Waals surface area contributed by atoms with E-state index in [2.05, 4.69) is 15.6 Å². The minimum atomic E-state index is -4.20. The highest BCUT2D eigenvalue weighted by Gasteiger charge is 2.32. The van der Waals surface area contributed by atoms with Gasteiger partial charge < -0.3 is 34.4 Å². The summed E-state index contributed by atoms with van der Waals surface area (Å²) >= 11 is 0. The number of oxazole rings is 1. The molecule has 272 valence electrons. The van der Waals surface area contributed by atoms with Gasteiger partial charge in [-0.15, -0.1) is 0 Å². The number of aliphatic hydroxyl groups excluding tert-OH is 1. The number of sulfonamides is 1. The first kappa shape index (κ1) is 38.4. The van der Waals surface area contributed by atoms with Crippen molar-refractivity contribution < 1.29 is 45.7 Å². The zero-order valence-electron chi connectivity index (χ0n) is 28.5. The first-order valence-electron chi connectivity index (χ1n) is 16.8. The van der Waals surface area contributed by atoms with Crippen LogP contribution in [0.4, 0.5) is 19.6 Å². The van der Waals surface area contributed by atoms with Gasteiger partial charge in [-0.1, -0.05) is 13.8 Å². The third-order valence-corrected chi connectivity index (χ3v) is 9.56. The van der Waals surface area contributed by atoms with Crippen LogP contribution in [0.5, 0.6) is 0 Å². The summed E-state index contributed by atoms with van der Waals surface area (Å²) in [5.74, 6) is -1.80. The van der Waals surface area contributed by atoms with Gasteiger partial charge in [-0.3, -0.25) is 0 Å². The van der Waals surface area contributed by atoms with E-state index in [9.17, 15) is 27.1 Å². The fraction of sp³-hybridized carbons (Fsp3) is 0.588. The quantitative estimate of drug-likeness (QED) is 0.142. The zero-order valence-corrected chi connectivity index (χ0v) is 29.3. The monoisotopic (exact) mass is 710 g/mol. The van der Waals surface area contributed by atoms with Crippen molar-refractivity contribution in [2.24, 2.45) is 5.92 Å². The molecular weight excluding hydrogens is 662 g/mol. The zero-order chi connectivity index (χ0) is 35.6. The maximum Gasteiger partial charge on any atom is 0.407 e. The highest BCUT2D eigenvalue weighted by atomic mass is 32.2. The molecule has 49 heavy (non-hydrogen) atoms. The second kappa shape index (κ2) is 18.0. The SMILES string of the molecule is CC(C)CN(C[C@@H](O)C(Cc1cc(F)cc(F)c1)NC(=O)OCCCCO[C@H]1CCCCO1)S(=O)(=O)c1ccc2nc(NC(C)C)oc2c1. The summed E-state index contributed by atoms with van der Waals surface area (Å²) in [6, 6.07) is 6.35. The van der Waals surface area contributed by atoms with Crippen LogP contribution < -0.4 is 10.6 Å². The van der Waals surface area contributed by atoms with Gasteiger partial charge in [0.15, 0.2) is 11.9 Å². The number of hydrogen-bond donors (Lipinski definition) is 3. The highest BCUT2D eigenvalue weighted by Crippen LogP contribution is 2.26. The summed E-state index contributed by atoms with van der Waals surface area (Å²) in [4.78, 5) is 17.1. The molecule has 0 saturated carbocycles. The average molecular weight is 711 g/mol. The molecule has 1 saturated heterocycles. The standard InChI is InChI=1S/C34H48F2N4O8S/c1-22(2)20-40(49(43,44)27-10-11-28-31(19-27)48-33(38-28)37-23(3)4)21-30(41)29(17-24-15-25(35)18-26(36)16-24)39-34(42)47-14-8-7-13-46-32-9-5-6-12-45-32/h10-11,15-16,18-19,22-23,29-30,32,41H,5-9,12-14,17,20-21H2,1-4H3,(H,37,38)(H,39,42)/t29?,30-,32+/m1/s1. The van der Waals surface area contributed by atoms with Crippen molar-refractivity contribution in [3.8, 4) is 0 Å². The molecule has 3 atom stereocenters. The molecule has 2 heterocycles. The molecule has 0 spiro atoms. The second-order valence-corrected chi connectivity index (χ2v) is 14.9. The van der Waals surface area contributed by atoms with E-state index < -0.39 is 46.4 Å². The van der Waals surface area contributed by atoms with Crippen LogP contribution in [0.3, 0.4) is 0 Å². The van der Waals surface area contributed by atoms with Crippen molar-refractivity contribution in [3.63, 3.8) is 0 Å². The summed E-state index contributed by atoms with van der Waals surface area (Å²) in [5, 5.41) is 17.1. The summed E-state index contributed by atoms with van der Waals surface area (Å²) in [6.07, 6.45) is 1.29. The molecule has 1 aliphatic heterocycles. The Labute approximate surface area is 286 Å². The second-order valence-electron chi connectivity index (χ2n) is 13.0. The molecule has 1 aliphatic rings. The number of halogens is 2. The lowest BCUT2D eigenvalue weighted by Gasteiger charge is -2.30. The Morgan fingerprint density at radius 2 is 1.80 bits per heavy atom. The number of nitrogens with one attached hydrogen (secondary N) is 2. The Kier molecular flexibility index (Phi) is 14.1. The third kappa shape index (κ3) is 11.9. The molecule has 0 bridgehead atoms. The largest absolute Gasteiger partial charge is 0.450 e. The maximum atomic E-state index is 14.1. The van der Waals surface area contributed by atoms with Crippen molar-refractivity contribution >= 4 is 33.2 Å². The summed E-state index contributed by atoms with van der Waals surface area (Å²) in [5.41, 5.74) is 0.885. The van der Waals surface area contributed by atoms with Gasteiger partial charge in [0.25, 0.3) is 6.01 Å². The molecule has 1 amide bonds. The van der Waals surface area contributed by atoms with Crippen LogP contribution in [0.1, 0.15) is 65.4 Å². The average Bonchev–Trinajstić information content (AvgIpc) is 3.42. The molecule has 0 aliphatic carbocycles. The van der Waals surface area contributed by atoms with Crippen molar-refractivity contribution in [1.82, 2.24) is 14.6 Å². The lowest BCUT2D eigenvalue weighted by atomic mass is 10.0. The van der Waals surface area contributed by atoms with E-state index in [0.717, 1.165) is 35.7 Å². The third-order valence-electron chi connectivity index (χ3n) is 7.73. The van der Waals surface area contributed by atoms with Crippen LogP contribution in [0.2, 0.25) is 0 Å². The Bertz CT molecular complexity index is 1590. The van der Waals surface area contributed by atoms with Crippen molar-refractivity contribution in [3.05, 3.63) is 53.6 Å². The van der Waals surface area contributed by atoms with E-state index in [-0.39, 0.29) is 59.9 Å². The lowest BCUT2D eigenvalue weighted by molar-refractivity contribution is -0.163. The van der Waals surface area contributed by atoms with E-state index in [1.165, 1.54) is 18.2 Å². The Morgan fingerprint density at radius 3 is 2.47 bits per heavy atom. The number of amides is 1. The number of ether oxygens (including phenoxy) is 3. The smallest absolute Gasteiger partial charge is 0.407 e. The minimum absolute atomic E-state index is 0.0354. The number of fused-ring (bicyclic) bond motifs is 1. The van der Waals surface area contributed by atoms with Gasteiger partial charge in [-0.2, -0.15) is 9.29 Å². The molecule has 15 heteroatoms. The van der Waals surface area contributed by atoms with Gasteiger partial charge >= 0.3 is 6.09 Å². The van der Waals surface area contributed by atoms with Crippen LogP contribution in [-0.2, 0) is 30.7 Å². The van der Waals surface area contributed by atoms with Gasteiger partial charge in [0.05, 0.1) is 23.6 Å². The number of benzene rings is 2. The van der Waals surface area contributed by atoms with Gasteiger partial charge in [-0.05, 0) is 88.1 Å². The Morgan fingerprint density at radius 1 is 1.06 bits per heavy atom. The molecule has 1 fully saturated rings. The molecular formula is C34H48F2N4O8S. The Balaban J connectivity index is 1.45. The summed E-state index contributed by atoms with van der Waals surface area (Å²) in [6.45, 7) is 8.27. The lowest BCUT2D eigenvalue weighted by Crippen LogP contribution is -2.51. The number of anilines is 1. The molecule has 1 unspecified atom stereocenters. The fourth-order valence-electron chi connectivity index (χ4n) is 5.42. The van der Waals surface area contributed by atoms with E-state index in [4.69, 9.17) is 18.6 Å². The van der Waals surface area contributed by atoms with Gasteiger partial charge in [0, 0.05) is 44.5 Å². The van der Waals surface area contributed by atoms with E-state index in [1.807, 2.05) is 27.7 Å². The van der Waals surface area contributed by atoms with Crippen LogP contribution in [0.25, 0.3) is 11.1 Å². The maximum absolute atomic E-state index is 14.1. The number of hydrogen-bond acceptors (Lipinski definition) is 10. The topological polar surface area (TPSA) is 152 Å². The predicted octanol–water partition coefficient (Wildman–Crippen LogP) is 5.59. The number of alkyl carbamates (subject to hydrolysis) is 1. The van der Waals surface area contributed by atoms with Crippen molar-refractivity contribution in [1.29, 1.82) is 0 Å². The predicted molar refractivity (Wildman–Crippen MR) is 179 cm³/mol. The van der Waals surface area contributed by atoms with Crippen LogP contribution in [0.15, 0.2) is 45.7 Å². The fourth-order valence-corrected chi connectivity index (χ4v) is 7.06. The molecule has 3 aromatic rings. The molecule has 2 aromatic carbocycles. The van der Waals surface area contributed by atoms with Crippen LogP contribution >= 0.6 is 0 Å². The van der Waals surface area contributed by atoms with Crippen molar-refractivity contribution in [2.75, 3.05) is 38.2 Å². The Hall–Kier alpha value is -3.37. The molecule has 1 aromatic heterocycles. The first-order valence-corrected chi connectivity index (χ1v) is 18.2. The van der Waals surface area contributed by atoms with Crippen molar-refractivity contribution in [2.45, 2.75) is 95.6 Å². The molecule has 4 rings (SSSR count). The number of aliphatic hydroxyl groups is 1. The van der Waals surface area contributed by atoms with Gasteiger partial charge in [-0.25, -0.2) is 22.0 Å². The summed E-state index contributed by atoms with van der Waals surface area (Å²) in [7, 11) is -4.20. The molecule has 3 N–H and O–H groups in total. The molecule has 12 nitrogen and oxygen atoms in total. The van der Waals surface area contributed by atoms with E-state index in [1.54, 1.807) is 0 Å². The van der Waals surface area contributed by atoms with Crippen LogP contribution in [-0.4, -0.2) is 86.3 Å². The van der Waals surface area contributed by atoms with E-state index in [0.29, 0.717) is 37.6 Å².